The summed E-state index contributed by atoms with van der Waals surface area (Å²) < 4.78 is 8.12. The van der Waals surface area contributed by atoms with E-state index in [1.807, 2.05) is 18.5 Å². The molecule has 4 aliphatic rings. The van der Waals surface area contributed by atoms with Crippen LogP contribution >= 0.6 is 0 Å². The van der Waals surface area contributed by atoms with E-state index in [-0.39, 0.29) is 0 Å². The number of nitrogens with one attached hydrogen (secondary N) is 2. The van der Waals surface area contributed by atoms with Crippen molar-refractivity contribution in [2.24, 2.45) is 23.4 Å². The van der Waals surface area contributed by atoms with Crippen LogP contribution in [-0.4, -0.2) is 45.5 Å². The van der Waals surface area contributed by atoms with Crippen LogP contribution in [-0.2, 0) is 18.3 Å². The maximum absolute atomic E-state index is 6.10. The topological polar surface area (TPSA) is 76.4 Å². The predicted octanol–water partition coefficient (Wildman–Crippen LogP) is 2.45. The van der Waals surface area contributed by atoms with Gasteiger partial charge in [-0.3, -0.25) is 0 Å². The second kappa shape index (κ2) is 7.32. The molecule has 2 heterocycles. The maximum Gasteiger partial charge on any atom is 0.192 e. The number of hydrogen-bond acceptors (Lipinski definition) is 4. The first kappa shape index (κ1) is 18.4. The molecule has 1 aromatic rings. The molecule has 0 amide bonds. The van der Waals surface area contributed by atoms with Gasteiger partial charge in [0.15, 0.2) is 11.8 Å². The normalized spacial score (nSPS) is 31.9. The van der Waals surface area contributed by atoms with Crippen LogP contribution in [0.1, 0.15) is 69.4 Å². The first-order chi connectivity index (χ1) is 13.7. The van der Waals surface area contributed by atoms with Gasteiger partial charge >= 0.3 is 0 Å². The summed E-state index contributed by atoms with van der Waals surface area (Å²) >= 11 is 0. The smallest absolute Gasteiger partial charge is 0.192 e. The van der Waals surface area contributed by atoms with Crippen molar-refractivity contribution in [3.63, 3.8) is 0 Å². The van der Waals surface area contributed by atoms with Crippen molar-refractivity contribution in [2.75, 3.05) is 6.61 Å². The van der Waals surface area contributed by atoms with E-state index in [1.165, 1.54) is 57.8 Å². The number of guanidine groups is 1. The first-order valence-corrected chi connectivity index (χ1v) is 11.2. The van der Waals surface area contributed by atoms with Crippen molar-refractivity contribution in [2.45, 2.75) is 89.4 Å². The number of rotatable bonds is 4. The van der Waals surface area contributed by atoms with Crippen LogP contribution in [0.2, 0.25) is 0 Å². The molecule has 3 unspecified atom stereocenters. The second-order valence-corrected chi connectivity index (χ2v) is 9.32. The van der Waals surface area contributed by atoms with Gasteiger partial charge in [-0.2, -0.15) is 0 Å². The van der Waals surface area contributed by atoms with E-state index in [1.54, 1.807) is 0 Å². The van der Waals surface area contributed by atoms with Crippen molar-refractivity contribution in [1.82, 2.24) is 25.4 Å². The summed E-state index contributed by atoms with van der Waals surface area (Å²) in [5, 5.41) is 16.1. The van der Waals surface area contributed by atoms with Gasteiger partial charge in [-0.1, -0.05) is 25.7 Å². The minimum Gasteiger partial charge on any atom is -0.377 e. The molecule has 0 bridgehead atoms. The highest BCUT2D eigenvalue weighted by atomic mass is 16.5. The Morgan fingerprint density at radius 1 is 1.14 bits per heavy atom. The van der Waals surface area contributed by atoms with Gasteiger partial charge in [-0.15, -0.1) is 10.2 Å². The fourth-order valence-electron chi connectivity index (χ4n) is 5.91. The van der Waals surface area contributed by atoms with Gasteiger partial charge in [0.1, 0.15) is 12.4 Å². The van der Waals surface area contributed by atoms with Crippen LogP contribution in [0.4, 0.5) is 0 Å². The lowest BCUT2D eigenvalue weighted by atomic mass is 9.46. The molecule has 0 aromatic carbocycles. The molecule has 0 radical (unpaired) electrons. The Kier molecular flexibility index (Phi) is 4.81. The Labute approximate surface area is 167 Å². The van der Waals surface area contributed by atoms with E-state index in [0.717, 1.165) is 24.2 Å². The zero-order chi connectivity index (χ0) is 19.1. The molecule has 7 nitrogen and oxygen atoms in total. The Balaban J connectivity index is 1.33. The summed E-state index contributed by atoms with van der Waals surface area (Å²) in [4.78, 5) is 4.95. The Bertz CT molecular complexity index is 733. The minimum absolute atomic E-state index is 0.359. The van der Waals surface area contributed by atoms with Gasteiger partial charge in [0.25, 0.3) is 0 Å². The average molecular weight is 387 g/mol. The predicted molar refractivity (Wildman–Crippen MR) is 108 cm³/mol. The Hall–Kier alpha value is -1.63. The summed E-state index contributed by atoms with van der Waals surface area (Å²) in [7, 11) is 2.01. The Morgan fingerprint density at radius 3 is 2.64 bits per heavy atom. The zero-order valence-corrected chi connectivity index (χ0v) is 17.3. The molecule has 3 saturated carbocycles. The molecule has 4 fully saturated rings. The monoisotopic (exact) mass is 386 g/mol. The van der Waals surface area contributed by atoms with E-state index in [2.05, 4.69) is 20.8 Å². The lowest BCUT2D eigenvalue weighted by molar-refractivity contribution is -0.171. The summed E-state index contributed by atoms with van der Waals surface area (Å²) in [6, 6.07) is 1.04. The largest absolute Gasteiger partial charge is 0.377 e. The molecule has 5 rings (SSSR count). The van der Waals surface area contributed by atoms with Crippen LogP contribution in [0.3, 0.4) is 0 Å². The lowest BCUT2D eigenvalue weighted by Gasteiger charge is -2.63. The minimum atomic E-state index is 0.359. The summed E-state index contributed by atoms with van der Waals surface area (Å²) in [5.74, 6) is 3.46. The van der Waals surface area contributed by atoms with E-state index >= 15 is 0 Å². The van der Waals surface area contributed by atoms with Gasteiger partial charge in [0.2, 0.25) is 0 Å². The second-order valence-electron chi connectivity index (χ2n) is 9.32. The number of ether oxygens (including phenoxy) is 1. The number of fused-ring (bicyclic) bond motifs is 2. The molecule has 7 heteroatoms. The molecular weight excluding hydrogens is 352 g/mol. The van der Waals surface area contributed by atoms with Crippen LogP contribution in [0.15, 0.2) is 4.99 Å². The third kappa shape index (κ3) is 3.02. The molecule has 154 valence electrons. The molecule has 1 spiro atoms. The molecule has 3 atom stereocenters. The molecule has 1 aromatic heterocycles. The SMILES string of the molecule is Cc1nnc(CN=C(NC2CCCCC2)NC2C3CCOC3C23CCC3)n1C. The number of nitrogens with zero attached hydrogens (tertiary/aromatic N) is 4. The van der Waals surface area contributed by atoms with Crippen molar-refractivity contribution in [1.29, 1.82) is 0 Å². The molecule has 3 aliphatic carbocycles. The highest BCUT2D eigenvalue weighted by Gasteiger charge is 2.66. The van der Waals surface area contributed by atoms with Crippen LogP contribution < -0.4 is 10.6 Å². The highest BCUT2D eigenvalue weighted by Crippen LogP contribution is 2.62. The van der Waals surface area contributed by atoms with Crippen molar-refractivity contribution < 1.29 is 4.74 Å². The number of aliphatic imine (C=N–C) groups is 1. The first-order valence-electron chi connectivity index (χ1n) is 11.2. The zero-order valence-electron chi connectivity index (χ0n) is 17.3. The summed E-state index contributed by atoms with van der Waals surface area (Å²) in [6.07, 6.45) is 12.1. The van der Waals surface area contributed by atoms with Crippen molar-refractivity contribution >= 4 is 5.96 Å². The van der Waals surface area contributed by atoms with Gasteiger partial charge in [-0.25, -0.2) is 4.99 Å². The van der Waals surface area contributed by atoms with E-state index in [9.17, 15) is 0 Å². The quantitative estimate of drug-likeness (QED) is 0.614. The third-order valence-corrected chi connectivity index (χ3v) is 7.84. The van der Waals surface area contributed by atoms with Gasteiger partial charge in [0.05, 0.1) is 6.10 Å². The number of hydrogen-bond donors (Lipinski definition) is 2. The van der Waals surface area contributed by atoms with Gasteiger partial charge in [0, 0.05) is 37.1 Å². The van der Waals surface area contributed by atoms with Crippen molar-refractivity contribution in [3.05, 3.63) is 11.6 Å². The van der Waals surface area contributed by atoms with Crippen LogP contribution in [0.25, 0.3) is 0 Å². The summed E-state index contributed by atoms with van der Waals surface area (Å²) in [6.45, 7) is 3.47. The molecule has 2 N–H and O–H groups in total. The standard InChI is InChI=1S/C21H34N6O/c1-14-25-26-17(27(14)2)13-22-20(23-15-7-4-3-5-8-15)24-18-16-9-12-28-19(16)21(18)10-6-11-21/h15-16,18-19H,3-13H2,1-2H3,(H2,22,23,24). The highest BCUT2D eigenvalue weighted by molar-refractivity contribution is 5.80. The fourth-order valence-corrected chi connectivity index (χ4v) is 5.91. The third-order valence-electron chi connectivity index (χ3n) is 7.84. The summed E-state index contributed by atoms with van der Waals surface area (Å²) in [5.41, 5.74) is 0.359. The number of aryl methyl sites for hydroxylation is 1. The van der Waals surface area contributed by atoms with Crippen LogP contribution in [0.5, 0.6) is 0 Å². The van der Waals surface area contributed by atoms with E-state index < -0.39 is 0 Å². The van der Waals surface area contributed by atoms with Gasteiger partial charge < -0.3 is 19.9 Å². The lowest BCUT2D eigenvalue weighted by Crippen LogP contribution is -2.72. The average Bonchev–Trinajstić information content (AvgIpc) is 3.22. The molecular formula is C21H34N6O. The van der Waals surface area contributed by atoms with E-state index in [0.29, 0.717) is 36.1 Å². The fraction of sp³-hybridized carbons (Fsp3) is 0.857. The molecule has 1 saturated heterocycles. The molecule has 1 aliphatic heterocycles. The van der Waals surface area contributed by atoms with E-state index in [4.69, 9.17) is 9.73 Å². The Morgan fingerprint density at radius 2 is 1.96 bits per heavy atom. The van der Waals surface area contributed by atoms with Crippen LogP contribution in [0, 0.1) is 18.3 Å². The van der Waals surface area contributed by atoms with Gasteiger partial charge in [-0.05, 0) is 39.0 Å². The number of aromatic nitrogens is 3. The van der Waals surface area contributed by atoms with Crippen molar-refractivity contribution in [3.8, 4) is 0 Å². The maximum atomic E-state index is 6.10. The molecule has 28 heavy (non-hydrogen) atoms.